The largest absolute Gasteiger partial charge is 0.332 e. The number of aromatic nitrogens is 3. The zero-order valence-corrected chi connectivity index (χ0v) is 20.5. The number of carbonyl (C=O) groups is 2. The highest BCUT2D eigenvalue weighted by molar-refractivity contribution is 8.00. The standard InChI is InChI=1S/C25H37N5O2S/c1-3-9-30-21(20-7-5-4-6-8-20)28-29-24(30)33-16(2)22(31)26-23(32)27-25-13-17-10-18(14-25)12-19(11-17)15-25/h3,16-20H,1,4-15H2,2H3,(H2,26,27,31,32). The van der Waals surface area contributed by atoms with Crippen LogP contribution in [0.25, 0.3) is 0 Å². The minimum atomic E-state index is -0.445. The summed E-state index contributed by atoms with van der Waals surface area (Å²) in [5, 5.41) is 15.0. The Morgan fingerprint density at radius 2 is 1.76 bits per heavy atom. The number of imide groups is 1. The van der Waals surface area contributed by atoms with Gasteiger partial charge in [0.1, 0.15) is 5.82 Å². The molecule has 0 spiro atoms. The Labute approximate surface area is 200 Å². The lowest BCUT2D eigenvalue weighted by molar-refractivity contribution is -0.119. The summed E-state index contributed by atoms with van der Waals surface area (Å²) < 4.78 is 2.09. The maximum atomic E-state index is 12.9. The fourth-order valence-electron chi connectivity index (χ4n) is 7.31. The lowest BCUT2D eigenvalue weighted by atomic mass is 9.53. The Morgan fingerprint density at radius 1 is 1.12 bits per heavy atom. The van der Waals surface area contributed by atoms with E-state index in [2.05, 4.69) is 32.0 Å². The molecule has 5 fully saturated rings. The molecule has 2 N–H and O–H groups in total. The number of urea groups is 1. The summed E-state index contributed by atoms with van der Waals surface area (Å²) in [6.07, 6.45) is 15.0. The molecule has 1 aromatic rings. The Morgan fingerprint density at radius 3 is 2.36 bits per heavy atom. The highest BCUT2D eigenvalue weighted by Gasteiger charge is 2.51. The second kappa shape index (κ2) is 9.43. The van der Waals surface area contributed by atoms with Gasteiger partial charge < -0.3 is 9.88 Å². The van der Waals surface area contributed by atoms with Gasteiger partial charge in [0.25, 0.3) is 0 Å². The number of hydrogen-bond acceptors (Lipinski definition) is 5. The van der Waals surface area contributed by atoms with Gasteiger partial charge in [0.15, 0.2) is 5.16 Å². The average Bonchev–Trinajstić information content (AvgIpc) is 3.15. The molecule has 0 aromatic carbocycles. The molecule has 7 nitrogen and oxygen atoms in total. The molecule has 5 aliphatic carbocycles. The van der Waals surface area contributed by atoms with E-state index in [0.717, 1.165) is 60.8 Å². The molecule has 4 bridgehead atoms. The number of hydrogen-bond donors (Lipinski definition) is 2. The molecule has 180 valence electrons. The minimum absolute atomic E-state index is 0.103. The molecule has 5 saturated carbocycles. The molecule has 0 saturated heterocycles. The molecule has 3 amide bonds. The maximum Gasteiger partial charge on any atom is 0.321 e. The van der Waals surface area contributed by atoms with Gasteiger partial charge in [0, 0.05) is 18.0 Å². The van der Waals surface area contributed by atoms with Crippen molar-refractivity contribution in [1.29, 1.82) is 0 Å². The number of rotatable bonds is 7. The van der Waals surface area contributed by atoms with Gasteiger partial charge in [-0.15, -0.1) is 16.8 Å². The van der Waals surface area contributed by atoms with Crippen molar-refractivity contribution in [3.05, 3.63) is 18.5 Å². The zero-order valence-electron chi connectivity index (χ0n) is 19.7. The minimum Gasteiger partial charge on any atom is -0.332 e. The van der Waals surface area contributed by atoms with E-state index in [9.17, 15) is 9.59 Å². The molecule has 6 rings (SSSR count). The molecule has 1 heterocycles. The molecule has 1 aromatic heterocycles. The van der Waals surface area contributed by atoms with Crippen molar-refractivity contribution in [3.8, 4) is 0 Å². The van der Waals surface area contributed by atoms with Crippen LogP contribution in [0.3, 0.4) is 0 Å². The van der Waals surface area contributed by atoms with Gasteiger partial charge in [-0.05, 0) is 76.0 Å². The monoisotopic (exact) mass is 471 g/mol. The summed E-state index contributed by atoms with van der Waals surface area (Å²) in [5.74, 6) is 3.39. The average molecular weight is 472 g/mol. The van der Waals surface area contributed by atoms with Crippen molar-refractivity contribution in [2.75, 3.05) is 0 Å². The molecule has 33 heavy (non-hydrogen) atoms. The van der Waals surface area contributed by atoms with E-state index in [1.807, 2.05) is 13.0 Å². The Bertz CT molecular complexity index is 871. The quantitative estimate of drug-likeness (QED) is 0.441. The topological polar surface area (TPSA) is 88.9 Å². The molecular weight excluding hydrogens is 434 g/mol. The van der Waals surface area contributed by atoms with Crippen molar-refractivity contribution in [2.24, 2.45) is 17.8 Å². The fraction of sp³-hybridized carbons (Fsp3) is 0.760. The van der Waals surface area contributed by atoms with Crippen molar-refractivity contribution >= 4 is 23.7 Å². The molecular formula is C25H37N5O2S. The van der Waals surface area contributed by atoms with Crippen LogP contribution in [0.1, 0.15) is 89.3 Å². The number of thioether (sulfide) groups is 1. The third-order valence-corrected chi connectivity index (χ3v) is 9.41. The van der Waals surface area contributed by atoms with Crippen LogP contribution in [0.4, 0.5) is 4.79 Å². The van der Waals surface area contributed by atoms with Crippen LogP contribution in [0.2, 0.25) is 0 Å². The maximum absolute atomic E-state index is 12.9. The van der Waals surface area contributed by atoms with Gasteiger partial charge in [-0.2, -0.15) is 0 Å². The van der Waals surface area contributed by atoms with Crippen molar-refractivity contribution in [2.45, 2.75) is 106 Å². The second-order valence-electron chi connectivity index (χ2n) is 11.0. The summed E-state index contributed by atoms with van der Waals surface area (Å²) in [7, 11) is 0. The fourth-order valence-corrected chi connectivity index (χ4v) is 8.18. The molecule has 0 aliphatic heterocycles. The molecule has 1 atom stereocenters. The van der Waals surface area contributed by atoms with E-state index in [1.54, 1.807) is 0 Å². The first-order valence-electron chi connectivity index (χ1n) is 12.8. The zero-order chi connectivity index (χ0) is 23.0. The second-order valence-corrected chi connectivity index (χ2v) is 12.3. The predicted molar refractivity (Wildman–Crippen MR) is 129 cm³/mol. The smallest absolute Gasteiger partial charge is 0.321 e. The van der Waals surface area contributed by atoms with Crippen LogP contribution >= 0.6 is 11.8 Å². The van der Waals surface area contributed by atoms with Gasteiger partial charge in [-0.1, -0.05) is 37.1 Å². The lowest BCUT2D eigenvalue weighted by Crippen LogP contribution is -2.62. The third-order valence-electron chi connectivity index (χ3n) is 8.33. The van der Waals surface area contributed by atoms with Gasteiger partial charge in [0.2, 0.25) is 5.91 Å². The summed E-state index contributed by atoms with van der Waals surface area (Å²) in [5.41, 5.74) is -0.103. The van der Waals surface area contributed by atoms with Crippen molar-refractivity contribution in [1.82, 2.24) is 25.4 Å². The van der Waals surface area contributed by atoms with E-state index in [1.165, 1.54) is 50.3 Å². The first-order valence-corrected chi connectivity index (χ1v) is 13.7. The van der Waals surface area contributed by atoms with Crippen LogP contribution in [0, 0.1) is 17.8 Å². The third kappa shape index (κ3) is 4.86. The lowest BCUT2D eigenvalue weighted by Gasteiger charge is -2.56. The van der Waals surface area contributed by atoms with E-state index < -0.39 is 5.25 Å². The number of carbonyl (C=O) groups excluding carboxylic acids is 2. The number of nitrogens with zero attached hydrogens (tertiary/aromatic N) is 3. The number of amides is 3. The van der Waals surface area contributed by atoms with Gasteiger partial charge in [-0.25, -0.2) is 4.79 Å². The SMILES string of the molecule is C=CCn1c(SC(C)C(=O)NC(=O)NC23CC4CC(CC(C4)C2)C3)nnc1C1CCCCC1. The van der Waals surface area contributed by atoms with E-state index in [4.69, 9.17) is 0 Å². The predicted octanol–water partition coefficient (Wildman–Crippen LogP) is 4.79. The van der Waals surface area contributed by atoms with Crippen molar-refractivity contribution < 1.29 is 9.59 Å². The van der Waals surface area contributed by atoms with Crippen LogP contribution < -0.4 is 10.6 Å². The van der Waals surface area contributed by atoms with Crippen LogP contribution in [0.5, 0.6) is 0 Å². The van der Waals surface area contributed by atoms with E-state index in [-0.39, 0.29) is 17.5 Å². The number of allylic oxidation sites excluding steroid dienone is 1. The van der Waals surface area contributed by atoms with Crippen LogP contribution in [-0.2, 0) is 11.3 Å². The highest BCUT2D eigenvalue weighted by atomic mass is 32.2. The summed E-state index contributed by atoms with van der Waals surface area (Å²) in [4.78, 5) is 25.6. The van der Waals surface area contributed by atoms with Crippen LogP contribution in [0.15, 0.2) is 17.8 Å². The summed E-state index contributed by atoms with van der Waals surface area (Å²) >= 11 is 1.36. The van der Waals surface area contributed by atoms with E-state index in [0.29, 0.717) is 12.5 Å². The van der Waals surface area contributed by atoms with Gasteiger partial charge in [-0.3, -0.25) is 10.1 Å². The van der Waals surface area contributed by atoms with Crippen LogP contribution in [-0.4, -0.2) is 37.5 Å². The summed E-state index contributed by atoms with van der Waals surface area (Å²) in [6, 6.07) is -0.343. The first-order chi connectivity index (χ1) is 15.9. The van der Waals surface area contributed by atoms with Crippen molar-refractivity contribution in [3.63, 3.8) is 0 Å². The van der Waals surface area contributed by atoms with Gasteiger partial charge in [0.05, 0.1) is 5.25 Å². The molecule has 8 heteroatoms. The molecule has 5 aliphatic rings. The molecule has 1 unspecified atom stereocenters. The highest BCUT2D eigenvalue weighted by Crippen LogP contribution is 2.55. The number of nitrogens with one attached hydrogen (secondary N) is 2. The Kier molecular flexibility index (Phi) is 6.56. The normalized spacial score (nSPS) is 31.8. The summed E-state index contributed by atoms with van der Waals surface area (Å²) in [6.45, 7) is 6.34. The Hall–Kier alpha value is -1.83. The van der Waals surface area contributed by atoms with E-state index >= 15 is 0 Å². The Balaban J connectivity index is 1.19. The molecule has 0 radical (unpaired) electrons. The van der Waals surface area contributed by atoms with Gasteiger partial charge >= 0.3 is 6.03 Å². The first kappa shape index (κ1) is 22.9.